The van der Waals surface area contributed by atoms with Gasteiger partial charge in [-0.25, -0.2) is 8.78 Å². The molecule has 0 spiro atoms. The minimum Gasteiger partial charge on any atom is -0.330 e. The topological polar surface area (TPSA) is 29.3 Å². The quantitative estimate of drug-likeness (QED) is 0.711. The number of halogens is 2. The molecule has 0 radical (unpaired) electrons. The molecule has 1 fully saturated rings. The van der Waals surface area contributed by atoms with Crippen LogP contribution in [0.5, 0.6) is 0 Å². The monoisotopic (exact) mass is 192 g/mol. The van der Waals surface area contributed by atoms with Crippen LogP contribution in [-0.2, 0) is 0 Å². The SMILES string of the molecule is CN(CC(F)F)CC1(CN)CCC1. The van der Waals surface area contributed by atoms with Gasteiger partial charge in [-0.2, -0.15) is 0 Å². The van der Waals surface area contributed by atoms with E-state index in [-0.39, 0.29) is 12.0 Å². The lowest BCUT2D eigenvalue weighted by Crippen LogP contribution is -2.46. The normalized spacial score (nSPS) is 20.8. The Kier molecular flexibility index (Phi) is 3.62. The molecule has 4 heteroatoms. The highest BCUT2D eigenvalue weighted by atomic mass is 19.3. The minimum absolute atomic E-state index is 0.137. The molecule has 0 aromatic carbocycles. The molecule has 0 amide bonds. The van der Waals surface area contributed by atoms with Crippen molar-refractivity contribution in [1.82, 2.24) is 4.90 Å². The van der Waals surface area contributed by atoms with Gasteiger partial charge < -0.3 is 10.6 Å². The zero-order valence-electron chi connectivity index (χ0n) is 8.10. The lowest BCUT2D eigenvalue weighted by atomic mass is 9.68. The Morgan fingerprint density at radius 2 is 2.08 bits per heavy atom. The van der Waals surface area contributed by atoms with Crippen LogP contribution in [-0.4, -0.2) is 38.0 Å². The van der Waals surface area contributed by atoms with Crippen LogP contribution in [0.15, 0.2) is 0 Å². The fourth-order valence-electron chi connectivity index (χ4n) is 1.98. The van der Waals surface area contributed by atoms with E-state index in [0.29, 0.717) is 13.1 Å². The third-order valence-electron chi connectivity index (χ3n) is 2.90. The molecule has 0 aliphatic heterocycles. The Hall–Kier alpha value is -0.220. The van der Waals surface area contributed by atoms with Crippen molar-refractivity contribution in [1.29, 1.82) is 0 Å². The van der Waals surface area contributed by atoms with Gasteiger partial charge >= 0.3 is 0 Å². The third kappa shape index (κ3) is 2.88. The van der Waals surface area contributed by atoms with Gasteiger partial charge in [-0.3, -0.25) is 0 Å². The van der Waals surface area contributed by atoms with E-state index >= 15 is 0 Å². The Balaban J connectivity index is 2.29. The molecule has 0 atom stereocenters. The Morgan fingerprint density at radius 1 is 1.46 bits per heavy atom. The lowest BCUT2D eigenvalue weighted by molar-refractivity contribution is 0.0455. The highest BCUT2D eigenvalue weighted by Gasteiger charge is 2.36. The van der Waals surface area contributed by atoms with Crippen LogP contribution in [0.2, 0.25) is 0 Å². The van der Waals surface area contributed by atoms with Crippen LogP contribution in [0.25, 0.3) is 0 Å². The molecule has 1 saturated carbocycles. The van der Waals surface area contributed by atoms with E-state index in [2.05, 4.69) is 0 Å². The van der Waals surface area contributed by atoms with Crippen LogP contribution in [0.1, 0.15) is 19.3 Å². The summed E-state index contributed by atoms with van der Waals surface area (Å²) in [5, 5.41) is 0. The summed E-state index contributed by atoms with van der Waals surface area (Å²) >= 11 is 0. The van der Waals surface area contributed by atoms with Gasteiger partial charge in [-0.1, -0.05) is 6.42 Å². The maximum atomic E-state index is 12.0. The number of hydrogen-bond donors (Lipinski definition) is 1. The molecule has 1 aliphatic carbocycles. The summed E-state index contributed by atoms with van der Waals surface area (Å²) in [5.41, 5.74) is 5.78. The molecule has 0 bridgehead atoms. The summed E-state index contributed by atoms with van der Waals surface area (Å²) in [6, 6.07) is 0. The van der Waals surface area contributed by atoms with Crippen LogP contribution >= 0.6 is 0 Å². The van der Waals surface area contributed by atoms with Crippen LogP contribution in [0.4, 0.5) is 8.78 Å². The molecule has 0 saturated heterocycles. The van der Waals surface area contributed by atoms with Crippen LogP contribution < -0.4 is 5.73 Å². The van der Waals surface area contributed by atoms with Gasteiger partial charge in [-0.15, -0.1) is 0 Å². The predicted molar refractivity (Wildman–Crippen MR) is 48.8 cm³/mol. The highest BCUT2D eigenvalue weighted by Crippen LogP contribution is 2.40. The molecule has 1 aliphatic rings. The average Bonchev–Trinajstić information content (AvgIpc) is 1.95. The Morgan fingerprint density at radius 3 is 2.38 bits per heavy atom. The standard InChI is InChI=1S/C9H18F2N2/c1-13(5-8(10)11)7-9(6-12)3-2-4-9/h8H,2-7,12H2,1H3. The van der Waals surface area contributed by atoms with E-state index in [1.807, 2.05) is 0 Å². The van der Waals surface area contributed by atoms with E-state index in [1.54, 1.807) is 11.9 Å². The summed E-state index contributed by atoms with van der Waals surface area (Å²) in [6.07, 6.45) is 1.15. The molecule has 2 nitrogen and oxygen atoms in total. The van der Waals surface area contributed by atoms with Gasteiger partial charge in [0.2, 0.25) is 0 Å². The van der Waals surface area contributed by atoms with Gasteiger partial charge in [0.15, 0.2) is 0 Å². The summed E-state index contributed by atoms with van der Waals surface area (Å²) in [7, 11) is 1.74. The van der Waals surface area contributed by atoms with E-state index in [9.17, 15) is 8.78 Å². The van der Waals surface area contributed by atoms with Crippen LogP contribution in [0.3, 0.4) is 0 Å². The van der Waals surface area contributed by atoms with Gasteiger partial charge in [0.05, 0.1) is 6.54 Å². The first-order valence-electron chi connectivity index (χ1n) is 4.75. The van der Waals surface area contributed by atoms with E-state index < -0.39 is 6.43 Å². The van der Waals surface area contributed by atoms with Gasteiger partial charge in [0.25, 0.3) is 6.43 Å². The largest absolute Gasteiger partial charge is 0.330 e. The zero-order valence-corrected chi connectivity index (χ0v) is 8.10. The van der Waals surface area contributed by atoms with E-state index in [0.717, 1.165) is 12.8 Å². The van der Waals surface area contributed by atoms with Gasteiger partial charge in [0.1, 0.15) is 0 Å². The van der Waals surface area contributed by atoms with E-state index in [4.69, 9.17) is 5.73 Å². The van der Waals surface area contributed by atoms with Gasteiger partial charge in [0, 0.05) is 6.54 Å². The number of nitrogens with two attached hydrogens (primary N) is 1. The van der Waals surface area contributed by atoms with E-state index in [1.165, 1.54) is 6.42 Å². The fourth-order valence-corrected chi connectivity index (χ4v) is 1.98. The van der Waals surface area contributed by atoms with Crippen molar-refractivity contribution in [2.45, 2.75) is 25.7 Å². The molecule has 1 rings (SSSR count). The average molecular weight is 192 g/mol. The second-order valence-electron chi connectivity index (χ2n) is 4.15. The first-order chi connectivity index (χ1) is 6.08. The molecule has 0 aromatic rings. The summed E-state index contributed by atoms with van der Waals surface area (Å²) < 4.78 is 24.0. The molecular formula is C9H18F2N2. The second kappa shape index (κ2) is 4.33. The molecule has 2 N–H and O–H groups in total. The number of nitrogens with zero attached hydrogens (tertiary/aromatic N) is 1. The smallest absolute Gasteiger partial charge is 0.251 e. The van der Waals surface area contributed by atoms with Crippen molar-refractivity contribution < 1.29 is 8.78 Å². The fraction of sp³-hybridized carbons (Fsp3) is 1.00. The molecule has 0 heterocycles. The molecule has 13 heavy (non-hydrogen) atoms. The molecule has 0 aromatic heterocycles. The highest BCUT2D eigenvalue weighted by molar-refractivity contribution is 4.90. The third-order valence-corrected chi connectivity index (χ3v) is 2.90. The molecule has 78 valence electrons. The van der Waals surface area contributed by atoms with Crippen molar-refractivity contribution in [2.75, 3.05) is 26.7 Å². The first-order valence-corrected chi connectivity index (χ1v) is 4.75. The number of alkyl halides is 2. The molecule has 0 unspecified atom stereocenters. The van der Waals surface area contributed by atoms with Crippen molar-refractivity contribution in [3.05, 3.63) is 0 Å². The zero-order chi connectivity index (χ0) is 9.90. The van der Waals surface area contributed by atoms with Crippen molar-refractivity contribution in [3.63, 3.8) is 0 Å². The number of rotatable bonds is 5. The van der Waals surface area contributed by atoms with Crippen molar-refractivity contribution in [3.8, 4) is 0 Å². The number of hydrogen-bond acceptors (Lipinski definition) is 2. The van der Waals surface area contributed by atoms with Crippen molar-refractivity contribution >= 4 is 0 Å². The Labute approximate surface area is 78.1 Å². The second-order valence-corrected chi connectivity index (χ2v) is 4.15. The summed E-state index contributed by atoms with van der Waals surface area (Å²) in [4.78, 5) is 1.69. The van der Waals surface area contributed by atoms with Crippen LogP contribution in [0, 0.1) is 5.41 Å². The predicted octanol–water partition coefficient (Wildman–Crippen LogP) is 1.31. The minimum atomic E-state index is -2.24. The van der Waals surface area contributed by atoms with Crippen molar-refractivity contribution in [2.24, 2.45) is 11.1 Å². The maximum absolute atomic E-state index is 12.0. The maximum Gasteiger partial charge on any atom is 0.251 e. The summed E-state index contributed by atoms with van der Waals surface area (Å²) in [6.45, 7) is 1.20. The summed E-state index contributed by atoms with van der Waals surface area (Å²) in [5.74, 6) is 0. The molecular weight excluding hydrogens is 174 g/mol. The lowest BCUT2D eigenvalue weighted by Gasteiger charge is -2.43. The first kappa shape index (κ1) is 10.9. The Bertz CT molecular complexity index is 152. The van der Waals surface area contributed by atoms with Gasteiger partial charge in [-0.05, 0) is 31.8 Å².